The van der Waals surface area contributed by atoms with Crippen LogP contribution in [0.2, 0.25) is 0 Å². The molecule has 5 aromatic carbocycles. The second-order valence-electron chi connectivity index (χ2n) is 11.0. The van der Waals surface area contributed by atoms with Crippen molar-refractivity contribution in [1.29, 1.82) is 0 Å². The van der Waals surface area contributed by atoms with Gasteiger partial charge in [-0.3, -0.25) is 0 Å². The van der Waals surface area contributed by atoms with Crippen molar-refractivity contribution < 1.29 is 4.74 Å². The van der Waals surface area contributed by atoms with Crippen LogP contribution in [0.25, 0.3) is 33.0 Å². The SMILES string of the molecule is CC1(C)c2ccccc2Oc2c(-c3ccc4c(c3)C(C)(C)c3c-4ccc4ccccc34)cccc21. The van der Waals surface area contributed by atoms with Gasteiger partial charge in [-0.05, 0) is 50.7 Å². The van der Waals surface area contributed by atoms with Crippen LogP contribution in [0, 0.1) is 0 Å². The third-order valence-electron chi connectivity index (χ3n) is 8.31. The van der Waals surface area contributed by atoms with Gasteiger partial charge in [0.25, 0.3) is 0 Å². The molecule has 0 aromatic heterocycles. The van der Waals surface area contributed by atoms with Crippen LogP contribution in [0.4, 0.5) is 0 Å². The van der Waals surface area contributed by atoms with Crippen LogP contribution in [0.1, 0.15) is 49.9 Å². The maximum absolute atomic E-state index is 6.59. The number of hydrogen-bond acceptors (Lipinski definition) is 1. The third kappa shape index (κ3) is 2.70. The van der Waals surface area contributed by atoms with Crippen molar-refractivity contribution in [3.05, 3.63) is 119 Å². The highest BCUT2D eigenvalue weighted by Gasteiger charge is 2.38. The Bertz CT molecular complexity index is 1670. The van der Waals surface area contributed by atoms with E-state index in [1.54, 1.807) is 0 Å². The molecule has 5 aromatic rings. The lowest BCUT2D eigenvalue weighted by molar-refractivity contribution is 0.419. The van der Waals surface area contributed by atoms with E-state index in [2.05, 4.69) is 125 Å². The molecule has 0 unspecified atom stereocenters. The Morgan fingerprint density at radius 3 is 2.17 bits per heavy atom. The summed E-state index contributed by atoms with van der Waals surface area (Å²) in [5.74, 6) is 1.94. The Hall–Kier alpha value is -3.84. The van der Waals surface area contributed by atoms with Crippen LogP contribution in [-0.4, -0.2) is 0 Å². The molecule has 35 heavy (non-hydrogen) atoms. The van der Waals surface area contributed by atoms with Gasteiger partial charge >= 0.3 is 0 Å². The number of hydrogen-bond donors (Lipinski definition) is 0. The number of benzene rings is 5. The average molecular weight is 453 g/mol. The van der Waals surface area contributed by atoms with E-state index in [0.29, 0.717) is 0 Å². The second kappa shape index (κ2) is 6.86. The van der Waals surface area contributed by atoms with Crippen molar-refractivity contribution in [2.45, 2.75) is 38.5 Å². The first-order valence-corrected chi connectivity index (χ1v) is 12.5. The van der Waals surface area contributed by atoms with Crippen molar-refractivity contribution in [2.24, 2.45) is 0 Å². The summed E-state index contributed by atoms with van der Waals surface area (Å²) in [6.07, 6.45) is 0. The smallest absolute Gasteiger partial charge is 0.139 e. The molecule has 1 aliphatic heterocycles. The summed E-state index contributed by atoms with van der Waals surface area (Å²) in [5, 5.41) is 2.66. The lowest BCUT2D eigenvalue weighted by Crippen LogP contribution is -2.24. The van der Waals surface area contributed by atoms with Gasteiger partial charge in [-0.1, -0.05) is 113 Å². The van der Waals surface area contributed by atoms with Gasteiger partial charge in [-0.2, -0.15) is 0 Å². The monoisotopic (exact) mass is 452 g/mol. The number of para-hydroxylation sites is 2. The highest BCUT2D eigenvalue weighted by Crippen LogP contribution is 2.54. The van der Waals surface area contributed by atoms with Gasteiger partial charge in [-0.15, -0.1) is 0 Å². The summed E-state index contributed by atoms with van der Waals surface area (Å²) in [5.41, 5.74) is 10.2. The Morgan fingerprint density at radius 2 is 1.29 bits per heavy atom. The van der Waals surface area contributed by atoms with Gasteiger partial charge in [0.15, 0.2) is 0 Å². The van der Waals surface area contributed by atoms with Gasteiger partial charge in [0, 0.05) is 27.5 Å². The minimum absolute atomic E-state index is 0.0802. The number of fused-ring (bicyclic) bond motifs is 7. The number of rotatable bonds is 1. The molecule has 0 saturated heterocycles. The molecule has 1 heteroatoms. The molecule has 2 aliphatic rings. The van der Waals surface area contributed by atoms with E-state index >= 15 is 0 Å². The maximum atomic E-state index is 6.59. The minimum atomic E-state index is -0.120. The Balaban J connectivity index is 1.42. The molecule has 1 aliphatic carbocycles. The first-order chi connectivity index (χ1) is 16.9. The van der Waals surface area contributed by atoms with Crippen LogP contribution >= 0.6 is 0 Å². The summed E-state index contributed by atoms with van der Waals surface area (Å²) in [4.78, 5) is 0. The maximum Gasteiger partial charge on any atom is 0.139 e. The summed E-state index contributed by atoms with van der Waals surface area (Å²) in [6.45, 7) is 9.32. The van der Waals surface area contributed by atoms with Crippen LogP contribution in [-0.2, 0) is 10.8 Å². The molecule has 0 bridgehead atoms. The molecule has 0 spiro atoms. The van der Waals surface area contributed by atoms with E-state index in [9.17, 15) is 0 Å². The first kappa shape index (κ1) is 20.5. The zero-order valence-electron chi connectivity index (χ0n) is 20.6. The lowest BCUT2D eigenvalue weighted by atomic mass is 9.74. The van der Waals surface area contributed by atoms with E-state index in [4.69, 9.17) is 4.74 Å². The molecule has 170 valence electrons. The quantitative estimate of drug-likeness (QED) is 0.246. The normalized spacial score (nSPS) is 16.1. The average Bonchev–Trinajstić information content (AvgIpc) is 3.10. The standard InChI is InChI=1S/C34H28O/c1-33(2)27-13-7-8-15-30(27)35-32-24(12-9-14-28(32)33)22-17-18-25-26-19-16-21-10-5-6-11-23(21)31(26)34(3,4)29(25)20-22/h5-20H,1-4H3. The molecule has 0 saturated carbocycles. The Kier molecular flexibility index (Phi) is 4.02. The Labute approximate surface area is 207 Å². The third-order valence-corrected chi connectivity index (χ3v) is 8.31. The van der Waals surface area contributed by atoms with Crippen molar-refractivity contribution in [3.63, 3.8) is 0 Å². The van der Waals surface area contributed by atoms with Crippen LogP contribution in [0.5, 0.6) is 11.5 Å². The predicted octanol–water partition coefficient (Wildman–Crippen LogP) is 9.24. The highest BCUT2D eigenvalue weighted by molar-refractivity contribution is 5.98. The van der Waals surface area contributed by atoms with Gasteiger partial charge in [0.1, 0.15) is 11.5 Å². The lowest BCUT2D eigenvalue weighted by Gasteiger charge is -2.35. The van der Waals surface area contributed by atoms with Crippen LogP contribution in [0.3, 0.4) is 0 Å². The molecule has 7 rings (SSSR count). The predicted molar refractivity (Wildman–Crippen MR) is 146 cm³/mol. The minimum Gasteiger partial charge on any atom is -0.456 e. The van der Waals surface area contributed by atoms with Gasteiger partial charge in [0.2, 0.25) is 0 Å². The highest BCUT2D eigenvalue weighted by atomic mass is 16.5. The van der Waals surface area contributed by atoms with E-state index in [-0.39, 0.29) is 10.8 Å². The van der Waals surface area contributed by atoms with Gasteiger partial charge in [0.05, 0.1) is 0 Å². The molecule has 0 N–H and O–H groups in total. The van der Waals surface area contributed by atoms with Crippen LogP contribution < -0.4 is 4.74 Å². The fourth-order valence-electron chi connectivity index (χ4n) is 6.46. The fourth-order valence-corrected chi connectivity index (χ4v) is 6.46. The van der Waals surface area contributed by atoms with Crippen LogP contribution in [0.15, 0.2) is 97.1 Å². The molecular formula is C34H28O. The van der Waals surface area contributed by atoms with Crippen molar-refractivity contribution in [1.82, 2.24) is 0 Å². The van der Waals surface area contributed by atoms with Crippen molar-refractivity contribution >= 4 is 10.8 Å². The van der Waals surface area contributed by atoms with Crippen molar-refractivity contribution in [3.8, 4) is 33.8 Å². The van der Waals surface area contributed by atoms with E-state index < -0.39 is 0 Å². The zero-order chi connectivity index (χ0) is 23.9. The van der Waals surface area contributed by atoms with E-state index in [0.717, 1.165) is 17.1 Å². The largest absolute Gasteiger partial charge is 0.456 e. The van der Waals surface area contributed by atoms with Crippen molar-refractivity contribution in [2.75, 3.05) is 0 Å². The summed E-state index contributed by atoms with van der Waals surface area (Å²) >= 11 is 0. The molecule has 1 heterocycles. The molecule has 0 fully saturated rings. The summed E-state index contributed by atoms with van der Waals surface area (Å²) in [6, 6.07) is 35.3. The van der Waals surface area contributed by atoms with Gasteiger partial charge in [-0.25, -0.2) is 0 Å². The van der Waals surface area contributed by atoms with E-state index in [1.807, 2.05) is 0 Å². The molecule has 1 nitrogen and oxygen atoms in total. The zero-order valence-corrected chi connectivity index (χ0v) is 20.6. The fraction of sp³-hybridized carbons (Fsp3) is 0.176. The van der Waals surface area contributed by atoms with E-state index in [1.165, 1.54) is 49.7 Å². The Morgan fingerprint density at radius 1 is 0.543 bits per heavy atom. The molecule has 0 atom stereocenters. The van der Waals surface area contributed by atoms with Gasteiger partial charge < -0.3 is 4.74 Å². The molecular weight excluding hydrogens is 424 g/mol. The summed E-state index contributed by atoms with van der Waals surface area (Å²) < 4.78 is 6.59. The molecule has 0 radical (unpaired) electrons. The molecule has 0 amide bonds. The number of ether oxygens (including phenoxy) is 1. The topological polar surface area (TPSA) is 9.23 Å². The summed E-state index contributed by atoms with van der Waals surface area (Å²) in [7, 11) is 0. The first-order valence-electron chi connectivity index (χ1n) is 12.5. The second-order valence-corrected chi connectivity index (χ2v) is 11.0.